The molecule has 1 N–H and O–H groups in total. The van der Waals surface area contributed by atoms with Crippen molar-refractivity contribution in [2.24, 2.45) is 0 Å². The first kappa shape index (κ1) is 15.7. The Morgan fingerprint density at radius 3 is 2.76 bits per heavy atom. The van der Waals surface area contributed by atoms with Gasteiger partial charge in [-0.05, 0) is 18.2 Å². The lowest BCUT2D eigenvalue weighted by Crippen LogP contribution is -2.16. The van der Waals surface area contributed by atoms with Crippen molar-refractivity contribution in [2.45, 2.75) is 19.5 Å². The number of aromatic nitrogens is 3. The number of ether oxygens (including phenoxy) is 2. The third-order valence-corrected chi connectivity index (χ3v) is 4.07. The van der Waals surface area contributed by atoms with E-state index in [9.17, 15) is 0 Å². The average molecular weight is 336 g/mol. The summed E-state index contributed by atoms with van der Waals surface area (Å²) >= 11 is 0. The number of nitrogens with one attached hydrogen (secondary N) is 1. The van der Waals surface area contributed by atoms with Crippen molar-refractivity contribution in [3.8, 4) is 17.3 Å². The smallest absolute Gasteiger partial charge is 0.165 e. The summed E-state index contributed by atoms with van der Waals surface area (Å²) in [6.45, 7) is 2.77. The van der Waals surface area contributed by atoms with Crippen LogP contribution in [0.15, 0.2) is 55.0 Å². The minimum Gasteiger partial charge on any atom is -0.490 e. The number of hydrogen-bond donors (Lipinski definition) is 1. The van der Waals surface area contributed by atoms with Gasteiger partial charge in [0.15, 0.2) is 17.3 Å². The Morgan fingerprint density at radius 2 is 1.84 bits per heavy atom. The van der Waals surface area contributed by atoms with Crippen LogP contribution in [0.1, 0.15) is 17.5 Å². The van der Waals surface area contributed by atoms with E-state index in [4.69, 9.17) is 9.47 Å². The molecule has 1 aliphatic rings. The second-order valence-corrected chi connectivity index (χ2v) is 5.84. The average Bonchev–Trinajstić information content (AvgIpc) is 3.07. The molecule has 0 saturated carbocycles. The minimum absolute atomic E-state index is 0.688. The Labute approximate surface area is 146 Å². The Morgan fingerprint density at radius 1 is 0.960 bits per heavy atom. The summed E-state index contributed by atoms with van der Waals surface area (Å²) in [6.07, 6.45) is 6.34. The van der Waals surface area contributed by atoms with Gasteiger partial charge in [-0.25, -0.2) is 9.67 Å². The van der Waals surface area contributed by atoms with E-state index in [0.717, 1.165) is 34.9 Å². The molecular weight excluding hydrogens is 316 g/mol. The number of nitrogens with zero attached hydrogens (tertiary/aromatic N) is 3. The molecule has 128 valence electrons. The van der Waals surface area contributed by atoms with Gasteiger partial charge in [-0.15, -0.1) is 0 Å². The molecule has 0 aliphatic carbocycles. The molecule has 0 radical (unpaired) electrons. The molecule has 3 aromatic rings. The van der Waals surface area contributed by atoms with Crippen LogP contribution in [0.5, 0.6) is 11.5 Å². The number of para-hydroxylation sites is 1. The summed E-state index contributed by atoms with van der Waals surface area (Å²) in [4.78, 5) is 4.45. The van der Waals surface area contributed by atoms with Crippen LogP contribution in [0.2, 0.25) is 0 Å². The van der Waals surface area contributed by atoms with Crippen molar-refractivity contribution in [2.75, 3.05) is 13.2 Å². The molecule has 3 heterocycles. The van der Waals surface area contributed by atoms with Gasteiger partial charge in [0.1, 0.15) is 0 Å². The first-order chi connectivity index (χ1) is 12.4. The molecule has 1 aliphatic heterocycles. The fourth-order valence-electron chi connectivity index (χ4n) is 2.89. The van der Waals surface area contributed by atoms with E-state index >= 15 is 0 Å². The topological polar surface area (TPSA) is 61.2 Å². The van der Waals surface area contributed by atoms with E-state index in [1.807, 2.05) is 30.5 Å². The standard InChI is InChI=1S/C19H20N4O2/c1-5-15(18-17(7-1)24-11-4-12-25-18)13-20-14-16-6-2-8-21-19(16)23-10-3-9-22-23/h1-3,5-10,20H,4,11-14H2. The normalized spacial score (nSPS) is 13.4. The highest BCUT2D eigenvalue weighted by molar-refractivity contribution is 5.47. The molecule has 25 heavy (non-hydrogen) atoms. The SMILES string of the molecule is c1cnc(-n2cccn2)c(CNCc2cccc3c2OCCCO3)c1. The number of pyridine rings is 1. The van der Waals surface area contributed by atoms with Gasteiger partial charge in [-0.1, -0.05) is 18.2 Å². The molecule has 0 fully saturated rings. The predicted octanol–water partition coefficient (Wildman–Crippen LogP) is 2.72. The lowest BCUT2D eigenvalue weighted by atomic mass is 10.1. The van der Waals surface area contributed by atoms with E-state index in [1.54, 1.807) is 17.1 Å². The summed E-state index contributed by atoms with van der Waals surface area (Å²) in [5.41, 5.74) is 2.19. The zero-order valence-electron chi connectivity index (χ0n) is 13.9. The summed E-state index contributed by atoms with van der Waals surface area (Å²) < 4.78 is 13.4. The zero-order chi connectivity index (χ0) is 16.9. The second kappa shape index (κ2) is 7.36. The molecule has 0 unspecified atom stereocenters. The Bertz CT molecular complexity index is 833. The number of hydrogen-bond acceptors (Lipinski definition) is 5. The quantitative estimate of drug-likeness (QED) is 0.776. The highest BCUT2D eigenvalue weighted by Crippen LogP contribution is 2.33. The summed E-state index contributed by atoms with van der Waals surface area (Å²) in [6, 6.07) is 11.9. The number of fused-ring (bicyclic) bond motifs is 1. The number of rotatable bonds is 5. The molecule has 4 rings (SSSR count). The Kier molecular flexibility index (Phi) is 4.61. The lowest BCUT2D eigenvalue weighted by Gasteiger charge is -2.14. The van der Waals surface area contributed by atoms with Crippen LogP contribution < -0.4 is 14.8 Å². The van der Waals surface area contributed by atoms with Gasteiger partial charge in [-0.2, -0.15) is 5.10 Å². The minimum atomic E-state index is 0.688. The molecule has 0 bridgehead atoms. The Hall–Kier alpha value is -2.86. The van der Waals surface area contributed by atoms with Gasteiger partial charge in [0.05, 0.1) is 13.2 Å². The first-order valence-electron chi connectivity index (χ1n) is 8.44. The monoisotopic (exact) mass is 336 g/mol. The van der Waals surface area contributed by atoms with Crippen LogP contribution in [-0.2, 0) is 13.1 Å². The summed E-state index contributed by atoms with van der Waals surface area (Å²) in [5.74, 6) is 2.52. The molecule has 6 nitrogen and oxygen atoms in total. The van der Waals surface area contributed by atoms with Crippen molar-refractivity contribution >= 4 is 0 Å². The maximum absolute atomic E-state index is 5.87. The van der Waals surface area contributed by atoms with Crippen molar-refractivity contribution < 1.29 is 9.47 Å². The highest BCUT2D eigenvalue weighted by atomic mass is 16.5. The molecule has 0 atom stereocenters. The largest absolute Gasteiger partial charge is 0.490 e. The van der Waals surface area contributed by atoms with E-state index in [0.29, 0.717) is 26.3 Å². The molecule has 2 aromatic heterocycles. The van der Waals surface area contributed by atoms with Crippen molar-refractivity contribution in [1.29, 1.82) is 0 Å². The number of benzene rings is 1. The zero-order valence-corrected chi connectivity index (χ0v) is 13.9. The predicted molar refractivity (Wildman–Crippen MR) is 94.0 cm³/mol. The van der Waals surface area contributed by atoms with Crippen molar-refractivity contribution in [1.82, 2.24) is 20.1 Å². The van der Waals surface area contributed by atoms with E-state index < -0.39 is 0 Å². The van der Waals surface area contributed by atoms with Gasteiger partial charge in [0.2, 0.25) is 0 Å². The fourth-order valence-corrected chi connectivity index (χ4v) is 2.89. The Balaban J connectivity index is 1.47. The third-order valence-electron chi connectivity index (χ3n) is 4.07. The van der Waals surface area contributed by atoms with E-state index in [2.05, 4.69) is 27.5 Å². The summed E-state index contributed by atoms with van der Waals surface area (Å²) in [7, 11) is 0. The molecule has 0 saturated heterocycles. The highest BCUT2D eigenvalue weighted by Gasteiger charge is 2.14. The van der Waals surface area contributed by atoms with E-state index in [1.165, 1.54) is 0 Å². The maximum Gasteiger partial charge on any atom is 0.165 e. The lowest BCUT2D eigenvalue weighted by molar-refractivity contribution is 0.296. The van der Waals surface area contributed by atoms with Crippen LogP contribution in [0.4, 0.5) is 0 Å². The van der Waals surface area contributed by atoms with Gasteiger partial charge >= 0.3 is 0 Å². The van der Waals surface area contributed by atoms with Gasteiger partial charge in [0, 0.05) is 49.2 Å². The van der Waals surface area contributed by atoms with Crippen LogP contribution in [-0.4, -0.2) is 28.0 Å². The van der Waals surface area contributed by atoms with Gasteiger partial charge in [0.25, 0.3) is 0 Å². The fraction of sp³-hybridized carbons (Fsp3) is 0.263. The van der Waals surface area contributed by atoms with Crippen molar-refractivity contribution in [3.05, 3.63) is 66.1 Å². The summed E-state index contributed by atoms with van der Waals surface area (Å²) in [5, 5.41) is 7.75. The molecule has 0 spiro atoms. The van der Waals surface area contributed by atoms with Crippen molar-refractivity contribution in [3.63, 3.8) is 0 Å². The third kappa shape index (κ3) is 3.49. The molecule has 1 aromatic carbocycles. The molecular formula is C19H20N4O2. The first-order valence-corrected chi connectivity index (χ1v) is 8.44. The molecule has 0 amide bonds. The maximum atomic E-state index is 5.87. The van der Waals surface area contributed by atoms with E-state index in [-0.39, 0.29) is 0 Å². The van der Waals surface area contributed by atoms with Crippen LogP contribution in [0, 0.1) is 0 Å². The molecule has 6 heteroatoms. The van der Waals surface area contributed by atoms with Crippen LogP contribution in [0.25, 0.3) is 5.82 Å². The van der Waals surface area contributed by atoms with Gasteiger partial charge in [-0.3, -0.25) is 0 Å². The van der Waals surface area contributed by atoms with Crippen LogP contribution in [0.3, 0.4) is 0 Å². The van der Waals surface area contributed by atoms with Crippen LogP contribution >= 0.6 is 0 Å². The van der Waals surface area contributed by atoms with Gasteiger partial charge < -0.3 is 14.8 Å². The second-order valence-electron chi connectivity index (χ2n) is 5.84.